The van der Waals surface area contributed by atoms with Crippen molar-refractivity contribution in [3.63, 3.8) is 0 Å². The Morgan fingerprint density at radius 1 is 1.36 bits per heavy atom. The summed E-state index contributed by atoms with van der Waals surface area (Å²) >= 11 is 0. The number of aromatic nitrogens is 1. The highest BCUT2D eigenvalue weighted by Gasteiger charge is 2.33. The van der Waals surface area contributed by atoms with Crippen molar-refractivity contribution in [3.8, 4) is 0 Å². The molecule has 1 aromatic heterocycles. The number of hydrogen-bond acceptors (Lipinski definition) is 3. The Bertz CT molecular complexity index is 636. The fourth-order valence-corrected chi connectivity index (χ4v) is 2.76. The number of carbonyl (C=O) groups is 1. The molecule has 1 fully saturated rings. The van der Waals surface area contributed by atoms with E-state index in [1.54, 1.807) is 0 Å². The maximum Gasteiger partial charge on any atom is 0.322 e. The number of nitrogens with zero attached hydrogens (tertiary/aromatic N) is 2. The van der Waals surface area contributed by atoms with Gasteiger partial charge in [0.1, 0.15) is 0 Å². The molecule has 0 unspecified atom stereocenters. The number of para-hydroxylation sites is 1. The van der Waals surface area contributed by atoms with Crippen molar-refractivity contribution >= 4 is 11.7 Å². The van der Waals surface area contributed by atoms with Crippen LogP contribution in [0.1, 0.15) is 50.1 Å². The third kappa shape index (κ3) is 2.98. The lowest BCUT2D eigenvalue weighted by molar-refractivity contribution is 0.195. The first-order valence-electron chi connectivity index (χ1n) is 7.74. The molecule has 1 aromatic carbocycles. The van der Waals surface area contributed by atoms with Gasteiger partial charge in [0.15, 0.2) is 5.76 Å². The lowest BCUT2D eigenvalue weighted by Gasteiger charge is -2.23. The van der Waals surface area contributed by atoms with Gasteiger partial charge in [0.05, 0.1) is 11.7 Å². The summed E-state index contributed by atoms with van der Waals surface area (Å²) in [6.45, 7) is 4.90. The first-order valence-corrected chi connectivity index (χ1v) is 7.74. The molecule has 3 rings (SSSR count). The van der Waals surface area contributed by atoms with Gasteiger partial charge in [-0.1, -0.05) is 37.2 Å². The van der Waals surface area contributed by atoms with Crippen LogP contribution in [0.5, 0.6) is 0 Å². The Morgan fingerprint density at radius 2 is 2.14 bits per heavy atom. The van der Waals surface area contributed by atoms with Crippen molar-refractivity contribution < 1.29 is 9.32 Å². The summed E-state index contributed by atoms with van der Waals surface area (Å²) in [4.78, 5) is 14.3. The highest BCUT2D eigenvalue weighted by Crippen LogP contribution is 2.33. The van der Waals surface area contributed by atoms with E-state index in [0.717, 1.165) is 36.5 Å². The van der Waals surface area contributed by atoms with Gasteiger partial charge in [-0.2, -0.15) is 0 Å². The Labute approximate surface area is 130 Å². The molecule has 1 aliphatic rings. The van der Waals surface area contributed by atoms with E-state index in [0.29, 0.717) is 5.92 Å². The predicted octanol–water partition coefficient (Wildman–Crippen LogP) is 4.17. The fourth-order valence-electron chi connectivity index (χ4n) is 2.76. The molecule has 1 N–H and O–H groups in total. The second-order valence-corrected chi connectivity index (χ2v) is 5.96. The summed E-state index contributed by atoms with van der Waals surface area (Å²) in [7, 11) is 0. The van der Waals surface area contributed by atoms with Crippen LogP contribution in [0.4, 0.5) is 10.5 Å². The summed E-state index contributed by atoms with van der Waals surface area (Å²) in [6.07, 6.45) is 1.89. The van der Waals surface area contributed by atoms with Gasteiger partial charge in [-0.25, -0.2) is 4.79 Å². The molecular weight excluding hydrogens is 278 g/mol. The van der Waals surface area contributed by atoms with Gasteiger partial charge in [-0.3, -0.25) is 0 Å². The van der Waals surface area contributed by atoms with Crippen LogP contribution in [-0.4, -0.2) is 22.6 Å². The fraction of sp³-hybridized carbons (Fsp3) is 0.412. The smallest absolute Gasteiger partial charge is 0.322 e. The maximum absolute atomic E-state index is 12.5. The van der Waals surface area contributed by atoms with Gasteiger partial charge in [0.2, 0.25) is 0 Å². The van der Waals surface area contributed by atoms with Gasteiger partial charge in [0.25, 0.3) is 0 Å². The number of hydrogen-bond donors (Lipinski definition) is 1. The third-order valence-corrected chi connectivity index (χ3v) is 4.01. The minimum Gasteiger partial charge on any atom is -0.359 e. The Balaban J connectivity index is 1.73. The van der Waals surface area contributed by atoms with Gasteiger partial charge in [0, 0.05) is 18.3 Å². The molecular formula is C17H21N3O2. The number of urea groups is 1. The van der Waals surface area contributed by atoms with Crippen LogP contribution < -0.4 is 5.32 Å². The number of benzene rings is 1. The Kier molecular flexibility index (Phi) is 4.13. The van der Waals surface area contributed by atoms with E-state index >= 15 is 0 Å². The molecule has 22 heavy (non-hydrogen) atoms. The zero-order valence-corrected chi connectivity index (χ0v) is 13.0. The monoisotopic (exact) mass is 299 g/mol. The predicted molar refractivity (Wildman–Crippen MR) is 84.7 cm³/mol. The van der Waals surface area contributed by atoms with Gasteiger partial charge in [-0.15, -0.1) is 0 Å². The molecule has 2 aromatic rings. The number of nitrogens with one attached hydrogen (secondary N) is 1. The molecule has 0 spiro atoms. The summed E-state index contributed by atoms with van der Waals surface area (Å²) < 4.78 is 5.47. The highest BCUT2D eigenvalue weighted by molar-refractivity contribution is 5.89. The Hall–Kier alpha value is -2.30. The zero-order valence-electron chi connectivity index (χ0n) is 13.0. The van der Waals surface area contributed by atoms with Crippen LogP contribution in [-0.2, 0) is 0 Å². The lowest BCUT2D eigenvalue weighted by Crippen LogP contribution is -2.34. The first kappa shape index (κ1) is 14.6. The maximum atomic E-state index is 12.5. The van der Waals surface area contributed by atoms with E-state index in [2.05, 4.69) is 24.3 Å². The van der Waals surface area contributed by atoms with Crippen LogP contribution in [0.15, 0.2) is 40.9 Å². The van der Waals surface area contributed by atoms with Crippen LogP contribution in [0.2, 0.25) is 0 Å². The highest BCUT2D eigenvalue weighted by atomic mass is 16.5. The average Bonchev–Trinajstić information content (AvgIpc) is 3.17. The summed E-state index contributed by atoms with van der Waals surface area (Å²) in [6, 6.07) is 11.4. The van der Waals surface area contributed by atoms with Gasteiger partial charge < -0.3 is 14.7 Å². The molecule has 0 bridgehead atoms. The van der Waals surface area contributed by atoms with Crippen LogP contribution in [0.25, 0.3) is 0 Å². The van der Waals surface area contributed by atoms with E-state index in [9.17, 15) is 4.79 Å². The van der Waals surface area contributed by atoms with E-state index < -0.39 is 0 Å². The molecule has 116 valence electrons. The van der Waals surface area contributed by atoms with E-state index in [-0.39, 0.29) is 12.1 Å². The largest absolute Gasteiger partial charge is 0.359 e. The van der Waals surface area contributed by atoms with Gasteiger partial charge in [-0.05, 0) is 30.9 Å². The second kappa shape index (κ2) is 6.22. The number of likely N-dealkylation sites (tertiary alicyclic amines) is 1. The van der Waals surface area contributed by atoms with Crippen molar-refractivity contribution in [3.05, 3.63) is 47.9 Å². The minimum atomic E-state index is -0.0869. The summed E-state index contributed by atoms with van der Waals surface area (Å²) in [5, 5.41) is 7.04. The van der Waals surface area contributed by atoms with Crippen molar-refractivity contribution in [2.45, 2.75) is 38.6 Å². The van der Waals surface area contributed by atoms with E-state index in [1.807, 2.05) is 41.3 Å². The number of amides is 2. The molecule has 0 radical (unpaired) electrons. The molecule has 1 aliphatic heterocycles. The number of anilines is 1. The van der Waals surface area contributed by atoms with Crippen LogP contribution >= 0.6 is 0 Å². The molecule has 5 heteroatoms. The number of carbonyl (C=O) groups excluding carboxylic acids is 1. The normalized spacial score (nSPS) is 18.0. The van der Waals surface area contributed by atoms with Crippen molar-refractivity contribution in [1.29, 1.82) is 0 Å². The molecule has 0 aliphatic carbocycles. The standard InChI is InChI=1S/C17H21N3O2/c1-12(2)14-11-16(22-19-14)15-9-6-10-20(15)17(21)18-13-7-4-3-5-8-13/h3-5,7-8,11-12,15H,6,9-10H2,1-2H3,(H,18,21)/t15-/m1/s1. The topological polar surface area (TPSA) is 58.4 Å². The molecule has 1 atom stereocenters. The van der Waals surface area contributed by atoms with Crippen LogP contribution in [0, 0.1) is 0 Å². The van der Waals surface area contributed by atoms with Gasteiger partial charge >= 0.3 is 6.03 Å². The Morgan fingerprint density at radius 3 is 2.82 bits per heavy atom. The van der Waals surface area contributed by atoms with Crippen LogP contribution in [0.3, 0.4) is 0 Å². The lowest BCUT2D eigenvalue weighted by atomic mass is 10.1. The average molecular weight is 299 g/mol. The summed E-state index contributed by atoms with van der Waals surface area (Å²) in [5.74, 6) is 1.11. The molecule has 1 saturated heterocycles. The first-order chi connectivity index (χ1) is 10.6. The van der Waals surface area contributed by atoms with Crippen molar-refractivity contribution in [1.82, 2.24) is 10.1 Å². The summed E-state index contributed by atoms with van der Waals surface area (Å²) in [5.41, 5.74) is 1.74. The van der Waals surface area contributed by atoms with Crippen molar-refractivity contribution in [2.75, 3.05) is 11.9 Å². The molecule has 2 amide bonds. The molecule has 5 nitrogen and oxygen atoms in total. The number of rotatable bonds is 3. The molecule has 2 heterocycles. The third-order valence-electron chi connectivity index (χ3n) is 4.01. The molecule has 0 saturated carbocycles. The SMILES string of the molecule is CC(C)c1cc([C@H]2CCCN2C(=O)Nc2ccccc2)on1. The quantitative estimate of drug-likeness (QED) is 0.925. The van der Waals surface area contributed by atoms with Crippen molar-refractivity contribution in [2.24, 2.45) is 0 Å². The van der Waals surface area contributed by atoms with E-state index in [4.69, 9.17) is 4.52 Å². The van der Waals surface area contributed by atoms with E-state index in [1.165, 1.54) is 0 Å². The zero-order chi connectivity index (χ0) is 15.5. The minimum absolute atomic E-state index is 0.0243. The second-order valence-electron chi connectivity index (χ2n) is 5.96.